The molecule has 3 nitrogen and oxygen atoms in total. The number of hydrogen-bond donors (Lipinski definition) is 2. The highest BCUT2D eigenvalue weighted by atomic mass is 35.5. The number of aliphatic carboxylic acids is 1. The van der Waals surface area contributed by atoms with Crippen LogP contribution in [0.4, 0.5) is 0 Å². The average molecular weight is 140 g/mol. The summed E-state index contributed by atoms with van der Waals surface area (Å²) in [5.74, 6) is -0.963. The molecule has 50 valence electrons. The Bertz CT molecular complexity index is 65.1. The Kier molecular flexibility index (Phi) is 8.95. The third kappa shape index (κ3) is 9.21. The van der Waals surface area contributed by atoms with Gasteiger partial charge < -0.3 is 10.8 Å². The van der Waals surface area contributed by atoms with Crippen molar-refractivity contribution < 1.29 is 9.90 Å². The molecule has 0 aromatic heterocycles. The molecule has 0 aliphatic heterocycles. The summed E-state index contributed by atoms with van der Waals surface area (Å²) >= 11 is 4.64. The van der Waals surface area contributed by atoms with Crippen LogP contribution in [0.5, 0.6) is 0 Å². The molecule has 1 atom stereocenters. The van der Waals surface area contributed by atoms with Crippen molar-refractivity contribution in [3.63, 3.8) is 0 Å². The summed E-state index contributed by atoms with van der Waals surface area (Å²) in [7, 11) is 0. The van der Waals surface area contributed by atoms with Crippen molar-refractivity contribution in [2.45, 2.75) is 13.0 Å². The van der Waals surface area contributed by atoms with Crippen LogP contribution < -0.4 is 5.73 Å². The van der Waals surface area contributed by atoms with Gasteiger partial charge in [0.25, 0.3) is 0 Å². The first-order valence-electron chi connectivity index (χ1n) is 2.01. The Morgan fingerprint density at radius 3 is 1.88 bits per heavy atom. The van der Waals surface area contributed by atoms with Crippen LogP contribution in [0.15, 0.2) is 0 Å². The molecule has 0 fully saturated rings. The Hall–Kier alpha value is -0.280. The van der Waals surface area contributed by atoms with Crippen LogP contribution in [0.3, 0.4) is 0 Å². The van der Waals surface area contributed by atoms with E-state index in [0.29, 0.717) is 0 Å². The smallest absolute Gasteiger partial charge is 0.320 e. The molecule has 0 saturated heterocycles. The number of hydrogen-bond acceptors (Lipinski definition) is 2. The highest BCUT2D eigenvalue weighted by Gasteiger charge is 1.99. The molecule has 0 heterocycles. The summed E-state index contributed by atoms with van der Waals surface area (Å²) in [4.78, 5) is 9.57. The van der Waals surface area contributed by atoms with E-state index in [4.69, 9.17) is 10.8 Å². The second-order valence-corrected chi connectivity index (χ2v) is 1.13. The van der Waals surface area contributed by atoms with E-state index in [1.54, 1.807) is 0 Å². The first-order valence-corrected chi connectivity index (χ1v) is 2.76. The van der Waals surface area contributed by atoms with Crippen LogP contribution >= 0.6 is 11.6 Å². The molecule has 0 bridgehead atoms. The molecule has 0 rings (SSSR count). The second-order valence-electron chi connectivity index (χ2n) is 1.13. The van der Waals surface area contributed by atoms with Gasteiger partial charge in [0, 0.05) is 6.38 Å². The predicted octanol–water partition coefficient (Wildman–Crippen LogP) is 0.273. The van der Waals surface area contributed by atoms with Gasteiger partial charge in [-0.3, -0.25) is 4.79 Å². The Morgan fingerprint density at radius 1 is 1.75 bits per heavy atom. The number of alkyl halides is 1. The van der Waals surface area contributed by atoms with E-state index >= 15 is 0 Å². The van der Waals surface area contributed by atoms with Crippen LogP contribution in [0.2, 0.25) is 0 Å². The van der Waals surface area contributed by atoms with Crippen molar-refractivity contribution in [1.29, 1.82) is 0 Å². The molecule has 0 saturated carbocycles. The quantitative estimate of drug-likeness (QED) is 0.513. The van der Waals surface area contributed by atoms with E-state index < -0.39 is 12.0 Å². The summed E-state index contributed by atoms with van der Waals surface area (Å²) in [5, 5.41) is 7.87. The lowest BCUT2D eigenvalue weighted by atomic mass is 10.4. The van der Waals surface area contributed by atoms with Crippen molar-refractivity contribution in [1.82, 2.24) is 0 Å². The highest BCUT2D eigenvalue weighted by Crippen LogP contribution is 1.68. The minimum Gasteiger partial charge on any atom is -0.480 e. The number of carboxylic acid groups (broad SMARTS) is 1. The van der Waals surface area contributed by atoms with Crippen LogP contribution in [-0.4, -0.2) is 23.5 Å². The van der Waals surface area contributed by atoms with E-state index in [2.05, 4.69) is 11.6 Å². The van der Waals surface area contributed by atoms with E-state index in [0.717, 1.165) is 0 Å². The molecule has 0 radical (unpaired) electrons. The van der Waals surface area contributed by atoms with Gasteiger partial charge in [0.1, 0.15) is 6.04 Å². The van der Waals surface area contributed by atoms with Gasteiger partial charge in [-0.15, -0.1) is 11.6 Å². The Balaban J connectivity index is 0. The molecule has 4 heteroatoms. The van der Waals surface area contributed by atoms with E-state index in [-0.39, 0.29) is 0 Å². The lowest BCUT2D eigenvalue weighted by Gasteiger charge is -1.90. The van der Waals surface area contributed by atoms with E-state index in [1.165, 1.54) is 13.3 Å². The second kappa shape index (κ2) is 6.72. The SMILES string of the molecule is CCl.C[C@H](N)C(=O)O. The van der Waals surface area contributed by atoms with Gasteiger partial charge in [-0.05, 0) is 6.92 Å². The molecule has 0 aliphatic rings. The molecule has 0 aromatic rings. The molecule has 0 amide bonds. The lowest BCUT2D eigenvalue weighted by Crippen LogP contribution is -2.25. The summed E-state index contributed by atoms with van der Waals surface area (Å²) in [6, 6.07) is -0.731. The molecule has 0 spiro atoms. The summed E-state index contributed by atoms with van der Waals surface area (Å²) in [6.07, 6.45) is 1.47. The zero-order valence-electron chi connectivity index (χ0n) is 4.89. The van der Waals surface area contributed by atoms with E-state index in [9.17, 15) is 4.79 Å². The van der Waals surface area contributed by atoms with Crippen LogP contribution in [-0.2, 0) is 4.79 Å². The normalized spacial score (nSPS) is 11.0. The number of nitrogens with two attached hydrogens (primary N) is 1. The molecular formula is C4H10ClNO2. The molecule has 8 heavy (non-hydrogen) atoms. The lowest BCUT2D eigenvalue weighted by molar-refractivity contribution is -0.138. The molecular weight excluding hydrogens is 130 g/mol. The standard InChI is InChI=1S/C3H7NO2.CH3Cl/c1-2(4)3(5)6;1-2/h2H,4H2,1H3,(H,5,6);1H3/t2-;/m0./s1. The van der Waals surface area contributed by atoms with Crippen molar-refractivity contribution in [3.8, 4) is 0 Å². The average Bonchev–Trinajstić information content (AvgIpc) is 1.72. The molecule has 0 aliphatic carbocycles. The van der Waals surface area contributed by atoms with Crippen LogP contribution in [0, 0.1) is 0 Å². The maximum absolute atomic E-state index is 9.57. The number of carbonyl (C=O) groups is 1. The predicted molar refractivity (Wildman–Crippen MR) is 33.1 cm³/mol. The highest BCUT2D eigenvalue weighted by molar-refractivity contribution is 6.15. The fourth-order valence-corrected chi connectivity index (χ4v) is 0. The van der Waals surface area contributed by atoms with Crippen LogP contribution in [0.25, 0.3) is 0 Å². The maximum atomic E-state index is 9.57. The van der Waals surface area contributed by atoms with Crippen molar-refractivity contribution in [2.75, 3.05) is 6.38 Å². The largest absolute Gasteiger partial charge is 0.480 e. The third-order valence-electron chi connectivity index (χ3n) is 0.390. The molecule has 3 N–H and O–H groups in total. The first-order chi connectivity index (χ1) is 3.64. The number of halogens is 1. The zero-order valence-corrected chi connectivity index (χ0v) is 5.64. The third-order valence-corrected chi connectivity index (χ3v) is 0.390. The minimum absolute atomic E-state index is 0.731. The van der Waals surface area contributed by atoms with E-state index in [1.807, 2.05) is 0 Å². The van der Waals surface area contributed by atoms with Gasteiger partial charge in [-0.25, -0.2) is 0 Å². The van der Waals surface area contributed by atoms with Gasteiger partial charge in [0.05, 0.1) is 0 Å². The topological polar surface area (TPSA) is 63.3 Å². The first kappa shape index (κ1) is 10.7. The zero-order chi connectivity index (χ0) is 7.15. The van der Waals surface area contributed by atoms with Crippen molar-refractivity contribution in [3.05, 3.63) is 0 Å². The summed E-state index contributed by atoms with van der Waals surface area (Å²) in [5.41, 5.74) is 4.84. The fourth-order valence-electron chi connectivity index (χ4n) is 0. The van der Waals surface area contributed by atoms with Gasteiger partial charge in [0.2, 0.25) is 0 Å². The van der Waals surface area contributed by atoms with Crippen LogP contribution in [0.1, 0.15) is 6.92 Å². The fraction of sp³-hybridized carbons (Fsp3) is 0.750. The monoisotopic (exact) mass is 139 g/mol. The van der Waals surface area contributed by atoms with Gasteiger partial charge >= 0.3 is 5.97 Å². The number of rotatable bonds is 1. The Morgan fingerprint density at radius 2 is 1.88 bits per heavy atom. The summed E-state index contributed by atoms with van der Waals surface area (Å²) < 4.78 is 0. The van der Waals surface area contributed by atoms with Crippen molar-refractivity contribution >= 4 is 17.6 Å². The molecule has 0 aromatic carbocycles. The molecule has 0 unspecified atom stereocenters. The number of carboxylic acids is 1. The van der Waals surface area contributed by atoms with Gasteiger partial charge in [-0.2, -0.15) is 0 Å². The summed E-state index contributed by atoms with van der Waals surface area (Å²) in [6.45, 7) is 1.42. The Labute approximate surface area is 53.4 Å². The van der Waals surface area contributed by atoms with Crippen molar-refractivity contribution in [2.24, 2.45) is 5.73 Å². The van der Waals surface area contributed by atoms with Gasteiger partial charge in [-0.1, -0.05) is 0 Å². The maximum Gasteiger partial charge on any atom is 0.320 e. The van der Waals surface area contributed by atoms with Gasteiger partial charge in [0.15, 0.2) is 0 Å². The minimum atomic E-state index is -0.963.